The number of ether oxygens (including phenoxy) is 1. The summed E-state index contributed by atoms with van der Waals surface area (Å²) >= 11 is 0. The first-order chi connectivity index (χ1) is 6.77. The van der Waals surface area contributed by atoms with E-state index in [4.69, 9.17) is 9.84 Å². The molecular formula is C10H13NO3. The van der Waals surface area contributed by atoms with Gasteiger partial charge in [-0.25, -0.2) is 0 Å². The zero-order valence-corrected chi connectivity index (χ0v) is 7.97. The molecule has 1 aromatic carbocycles. The lowest BCUT2D eigenvalue weighted by molar-refractivity contribution is 0.307. The van der Waals surface area contributed by atoms with Crippen molar-refractivity contribution < 1.29 is 14.9 Å². The van der Waals surface area contributed by atoms with E-state index >= 15 is 0 Å². The number of phenols is 1. The lowest BCUT2D eigenvalue weighted by Gasteiger charge is -2.02. The first kappa shape index (κ1) is 10.5. The minimum atomic E-state index is 0.00122. The largest absolute Gasteiger partial charge is 0.507 e. The fourth-order valence-electron chi connectivity index (χ4n) is 0.984. The molecule has 0 aliphatic rings. The van der Waals surface area contributed by atoms with Crippen LogP contribution in [0.5, 0.6) is 11.5 Å². The van der Waals surface area contributed by atoms with E-state index in [1.807, 2.05) is 0 Å². The van der Waals surface area contributed by atoms with Crippen LogP contribution in [0.3, 0.4) is 0 Å². The van der Waals surface area contributed by atoms with Gasteiger partial charge in [-0.15, -0.1) is 0 Å². The molecule has 0 heterocycles. The number of benzene rings is 1. The molecule has 0 bridgehead atoms. The molecule has 0 amide bonds. The van der Waals surface area contributed by atoms with E-state index in [2.05, 4.69) is 4.99 Å². The number of methoxy groups -OCH3 is 1. The second-order valence-corrected chi connectivity index (χ2v) is 2.68. The average Bonchev–Trinajstić information content (AvgIpc) is 2.21. The summed E-state index contributed by atoms with van der Waals surface area (Å²) in [5, 5.41) is 17.9. The molecule has 0 aliphatic carbocycles. The third-order valence-electron chi connectivity index (χ3n) is 1.69. The maximum absolute atomic E-state index is 9.42. The van der Waals surface area contributed by atoms with Gasteiger partial charge in [0.1, 0.15) is 11.5 Å². The molecule has 0 atom stereocenters. The second-order valence-electron chi connectivity index (χ2n) is 2.68. The van der Waals surface area contributed by atoms with Crippen LogP contribution in [-0.4, -0.2) is 36.7 Å². The number of nitrogens with zero attached hydrogens (tertiary/aromatic N) is 1. The molecule has 0 saturated carbocycles. The summed E-state index contributed by atoms with van der Waals surface area (Å²) in [6.07, 6.45) is 1.51. The number of hydrogen-bond donors (Lipinski definition) is 2. The average molecular weight is 195 g/mol. The molecule has 2 N–H and O–H groups in total. The Labute approximate surface area is 82.5 Å². The first-order valence-electron chi connectivity index (χ1n) is 4.25. The summed E-state index contributed by atoms with van der Waals surface area (Å²) in [6, 6.07) is 4.88. The van der Waals surface area contributed by atoms with Gasteiger partial charge in [0.25, 0.3) is 0 Å². The van der Waals surface area contributed by atoms with Gasteiger partial charge in [-0.1, -0.05) is 0 Å². The van der Waals surface area contributed by atoms with E-state index in [-0.39, 0.29) is 12.4 Å². The molecule has 0 radical (unpaired) electrons. The van der Waals surface area contributed by atoms with Crippen LogP contribution in [0, 0.1) is 0 Å². The number of aliphatic imine (C=N–C) groups is 1. The van der Waals surface area contributed by atoms with E-state index in [0.29, 0.717) is 17.9 Å². The van der Waals surface area contributed by atoms with E-state index in [0.717, 1.165) is 0 Å². The fourth-order valence-corrected chi connectivity index (χ4v) is 0.984. The van der Waals surface area contributed by atoms with Crippen molar-refractivity contribution >= 4 is 6.21 Å². The Bertz CT molecular complexity index is 323. The number of rotatable bonds is 4. The summed E-state index contributed by atoms with van der Waals surface area (Å²) in [4.78, 5) is 3.91. The van der Waals surface area contributed by atoms with E-state index in [1.54, 1.807) is 25.3 Å². The van der Waals surface area contributed by atoms with Gasteiger partial charge in [-0.2, -0.15) is 0 Å². The van der Waals surface area contributed by atoms with Crippen LogP contribution in [0.15, 0.2) is 23.2 Å². The second kappa shape index (κ2) is 5.24. The van der Waals surface area contributed by atoms with Crippen molar-refractivity contribution in [2.24, 2.45) is 4.99 Å². The minimum absolute atomic E-state index is 0.00122. The number of hydrogen-bond acceptors (Lipinski definition) is 4. The molecule has 0 fully saturated rings. The zero-order valence-electron chi connectivity index (χ0n) is 7.97. The number of aliphatic hydroxyl groups is 1. The van der Waals surface area contributed by atoms with E-state index in [9.17, 15) is 5.11 Å². The third-order valence-corrected chi connectivity index (χ3v) is 1.69. The minimum Gasteiger partial charge on any atom is -0.507 e. The highest BCUT2D eigenvalue weighted by atomic mass is 16.5. The normalized spacial score (nSPS) is 10.7. The van der Waals surface area contributed by atoms with Gasteiger partial charge < -0.3 is 14.9 Å². The summed E-state index contributed by atoms with van der Waals surface area (Å²) in [5.74, 6) is 0.806. The molecule has 14 heavy (non-hydrogen) atoms. The Kier molecular flexibility index (Phi) is 3.94. The van der Waals surface area contributed by atoms with Crippen molar-refractivity contribution in [2.75, 3.05) is 20.3 Å². The molecule has 1 aromatic rings. The molecule has 4 nitrogen and oxygen atoms in total. The van der Waals surface area contributed by atoms with Crippen LogP contribution in [-0.2, 0) is 0 Å². The number of aliphatic hydroxyl groups excluding tert-OH is 1. The Balaban J connectivity index is 2.83. The summed E-state index contributed by atoms with van der Waals surface area (Å²) < 4.78 is 4.99. The zero-order chi connectivity index (χ0) is 10.4. The number of aromatic hydroxyl groups is 1. The van der Waals surface area contributed by atoms with Gasteiger partial charge in [0.05, 0.1) is 20.3 Å². The number of phenolic OH excluding ortho intramolecular Hbond substituents is 1. The van der Waals surface area contributed by atoms with Crippen LogP contribution >= 0.6 is 0 Å². The maximum atomic E-state index is 9.42. The molecule has 0 spiro atoms. The van der Waals surface area contributed by atoms with Gasteiger partial charge in [0.15, 0.2) is 0 Å². The maximum Gasteiger partial charge on any atom is 0.124 e. The topological polar surface area (TPSA) is 62.0 Å². The summed E-state index contributed by atoms with van der Waals surface area (Å²) in [6.45, 7) is 0.331. The van der Waals surface area contributed by atoms with Crippen molar-refractivity contribution in [3.8, 4) is 11.5 Å². The van der Waals surface area contributed by atoms with Crippen molar-refractivity contribution in [2.45, 2.75) is 0 Å². The lowest BCUT2D eigenvalue weighted by atomic mass is 10.2. The quantitative estimate of drug-likeness (QED) is 0.699. The van der Waals surface area contributed by atoms with E-state index in [1.165, 1.54) is 6.21 Å². The highest BCUT2D eigenvalue weighted by Crippen LogP contribution is 2.20. The highest BCUT2D eigenvalue weighted by molar-refractivity contribution is 5.84. The molecular weight excluding hydrogens is 182 g/mol. The standard InChI is InChI=1S/C10H13NO3/c1-14-9-2-3-10(13)8(6-9)7-11-4-5-12/h2-3,6-7,12-13H,4-5H2,1H3. The van der Waals surface area contributed by atoms with Gasteiger partial charge in [-0.05, 0) is 18.2 Å². The van der Waals surface area contributed by atoms with Crippen LogP contribution < -0.4 is 4.74 Å². The molecule has 0 aromatic heterocycles. The van der Waals surface area contributed by atoms with Gasteiger partial charge in [0.2, 0.25) is 0 Å². The third kappa shape index (κ3) is 2.74. The Morgan fingerprint density at radius 2 is 2.29 bits per heavy atom. The van der Waals surface area contributed by atoms with Crippen molar-refractivity contribution in [3.05, 3.63) is 23.8 Å². The van der Waals surface area contributed by atoms with Crippen LogP contribution in [0.25, 0.3) is 0 Å². The molecule has 4 heteroatoms. The molecule has 0 unspecified atom stereocenters. The van der Waals surface area contributed by atoms with Crippen LogP contribution in [0.1, 0.15) is 5.56 Å². The van der Waals surface area contributed by atoms with Crippen LogP contribution in [0.4, 0.5) is 0 Å². The van der Waals surface area contributed by atoms with Crippen molar-refractivity contribution in [1.29, 1.82) is 0 Å². The van der Waals surface area contributed by atoms with Crippen LogP contribution in [0.2, 0.25) is 0 Å². The van der Waals surface area contributed by atoms with Crippen molar-refractivity contribution in [1.82, 2.24) is 0 Å². The van der Waals surface area contributed by atoms with E-state index < -0.39 is 0 Å². The molecule has 76 valence electrons. The summed E-state index contributed by atoms with van der Waals surface area (Å²) in [7, 11) is 1.56. The van der Waals surface area contributed by atoms with Gasteiger partial charge >= 0.3 is 0 Å². The Morgan fingerprint density at radius 3 is 2.93 bits per heavy atom. The van der Waals surface area contributed by atoms with Gasteiger partial charge in [0, 0.05) is 11.8 Å². The van der Waals surface area contributed by atoms with Crippen molar-refractivity contribution in [3.63, 3.8) is 0 Å². The lowest BCUT2D eigenvalue weighted by Crippen LogP contribution is -1.91. The Hall–Kier alpha value is -1.55. The molecule has 0 aliphatic heterocycles. The monoisotopic (exact) mass is 195 g/mol. The molecule has 1 rings (SSSR count). The summed E-state index contributed by atoms with van der Waals surface area (Å²) in [5.41, 5.74) is 0.581. The smallest absolute Gasteiger partial charge is 0.124 e. The highest BCUT2D eigenvalue weighted by Gasteiger charge is 1.99. The van der Waals surface area contributed by atoms with Gasteiger partial charge in [-0.3, -0.25) is 4.99 Å². The molecule has 0 saturated heterocycles. The predicted molar refractivity (Wildman–Crippen MR) is 54.2 cm³/mol. The SMILES string of the molecule is COc1ccc(O)c(C=NCCO)c1. The fraction of sp³-hybridized carbons (Fsp3) is 0.300. The Morgan fingerprint density at radius 1 is 1.50 bits per heavy atom. The predicted octanol–water partition coefficient (Wildman–Crippen LogP) is 0.812. The first-order valence-corrected chi connectivity index (χ1v) is 4.25.